The van der Waals surface area contributed by atoms with Gasteiger partial charge in [0.15, 0.2) is 17.3 Å². The van der Waals surface area contributed by atoms with Gasteiger partial charge >= 0.3 is 11.9 Å². The van der Waals surface area contributed by atoms with Gasteiger partial charge in [-0.05, 0) is 46.8 Å². The first-order valence-electron chi connectivity index (χ1n) is 13.9. The van der Waals surface area contributed by atoms with Crippen LogP contribution < -0.4 is 14.2 Å². The molecule has 2 atom stereocenters. The standard InChI is InChI=1S/C32H35NO9S/c1-5-20-14-28-21(15-29(43-28)24(34)9-18(2)31(36)37)11-25(20)41-7-6-8-42-27-13-23-17-33(16-22(23)12-26(27)40-4)30(35)10-19(3)32(38)39/h5,11-15,18-19H,1,6-10,16-17H2,2-4H3,(H,36,37)(H,38,39)/t18-,19-/m0/s1. The summed E-state index contributed by atoms with van der Waals surface area (Å²) in [5.74, 6) is -2.19. The van der Waals surface area contributed by atoms with Gasteiger partial charge in [0, 0.05) is 42.6 Å². The van der Waals surface area contributed by atoms with Crippen molar-refractivity contribution in [2.45, 2.75) is 46.2 Å². The van der Waals surface area contributed by atoms with E-state index in [1.54, 1.807) is 24.2 Å². The van der Waals surface area contributed by atoms with E-state index >= 15 is 0 Å². The highest BCUT2D eigenvalue weighted by atomic mass is 32.1. The molecule has 0 aliphatic carbocycles. The van der Waals surface area contributed by atoms with Crippen molar-refractivity contribution in [3.05, 3.63) is 58.5 Å². The molecule has 0 saturated carbocycles. The molecule has 0 saturated heterocycles. The van der Waals surface area contributed by atoms with Gasteiger partial charge in [-0.15, -0.1) is 11.3 Å². The van der Waals surface area contributed by atoms with Crippen LogP contribution in [0.4, 0.5) is 0 Å². The van der Waals surface area contributed by atoms with Crippen LogP contribution in [-0.4, -0.2) is 59.1 Å². The third-order valence-corrected chi connectivity index (χ3v) is 8.46. The Hall–Kier alpha value is -4.38. The topological polar surface area (TPSA) is 140 Å². The minimum atomic E-state index is -1.000. The van der Waals surface area contributed by atoms with Crippen molar-refractivity contribution in [3.63, 3.8) is 0 Å². The Morgan fingerprint density at radius 2 is 1.51 bits per heavy atom. The van der Waals surface area contributed by atoms with Crippen LogP contribution in [0.3, 0.4) is 0 Å². The van der Waals surface area contributed by atoms with Crippen LogP contribution in [0, 0.1) is 11.8 Å². The van der Waals surface area contributed by atoms with Crippen molar-refractivity contribution in [1.82, 2.24) is 4.90 Å². The van der Waals surface area contributed by atoms with E-state index < -0.39 is 23.8 Å². The van der Waals surface area contributed by atoms with Crippen LogP contribution in [0.2, 0.25) is 0 Å². The van der Waals surface area contributed by atoms with Crippen LogP contribution in [0.1, 0.15) is 59.5 Å². The van der Waals surface area contributed by atoms with Crippen molar-refractivity contribution in [1.29, 1.82) is 0 Å². The fourth-order valence-electron chi connectivity index (χ4n) is 4.73. The molecule has 43 heavy (non-hydrogen) atoms. The fraction of sp³-hybridized carbons (Fsp3) is 0.375. The molecule has 4 rings (SSSR count). The van der Waals surface area contributed by atoms with Crippen LogP contribution in [0.15, 0.2) is 36.9 Å². The molecule has 2 heterocycles. The van der Waals surface area contributed by atoms with Crippen molar-refractivity contribution in [2.75, 3.05) is 20.3 Å². The van der Waals surface area contributed by atoms with Gasteiger partial charge in [0.2, 0.25) is 5.91 Å². The largest absolute Gasteiger partial charge is 0.493 e. The zero-order chi connectivity index (χ0) is 31.3. The van der Waals surface area contributed by atoms with Gasteiger partial charge in [-0.2, -0.15) is 0 Å². The van der Waals surface area contributed by atoms with E-state index in [2.05, 4.69) is 6.58 Å². The minimum absolute atomic E-state index is 0.0535. The lowest BCUT2D eigenvalue weighted by Crippen LogP contribution is -2.28. The number of methoxy groups -OCH3 is 1. The lowest BCUT2D eigenvalue weighted by atomic mass is 10.0. The molecule has 228 valence electrons. The summed E-state index contributed by atoms with van der Waals surface area (Å²) < 4.78 is 18.4. The Morgan fingerprint density at radius 3 is 2.12 bits per heavy atom. The molecule has 0 fully saturated rings. The number of carboxylic acids is 2. The summed E-state index contributed by atoms with van der Waals surface area (Å²) in [5, 5.41) is 19.1. The smallest absolute Gasteiger partial charge is 0.306 e. The number of Topliss-reactive ketones (excluding diaryl/α,β-unsaturated/α-hetero) is 1. The van der Waals surface area contributed by atoms with Crippen molar-refractivity contribution >= 4 is 51.1 Å². The van der Waals surface area contributed by atoms with E-state index in [0.717, 1.165) is 26.8 Å². The van der Waals surface area contributed by atoms with Crippen LogP contribution in [-0.2, 0) is 27.5 Å². The molecule has 0 bridgehead atoms. The van der Waals surface area contributed by atoms with E-state index in [1.807, 2.05) is 24.3 Å². The maximum atomic E-state index is 12.6. The molecule has 11 heteroatoms. The van der Waals surface area contributed by atoms with Crippen LogP contribution in [0.25, 0.3) is 16.2 Å². The quantitative estimate of drug-likeness (QED) is 0.165. The van der Waals surface area contributed by atoms with E-state index in [-0.39, 0.29) is 24.5 Å². The van der Waals surface area contributed by atoms with E-state index in [4.69, 9.17) is 24.4 Å². The number of hydrogen-bond donors (Lipinski definition) is 2. The van der Waals surface area contributed by atoms with E-state index in [1.165, 1.54) is 25.2 Å². The molecule has 0 unspecified atom stereocenters. The summed E-state index contributed by atoms with van der Waals surface area (Å²) in [4.78, 5) is 49.6. The van der Waals surface area contributed by atoms with Crippen molar-refractivity contribution in [3.8, 4) is 17.2 Å². The summed E-state index contributed by atoms with van der Waals surface area (Å²) in [6.45, 7) is 8.38. The Bertz CT molecular complexity index is 1560. The Balaban J connectivity index is 1.34. The summed E-state index contributed by atoms with van der Waals surface area (Å²) in [6, 6.07) is 9.24. The Morgan fingerprint density at radius 1 is 0.907 bits per heavy atom. The van der Waals surface area contributed by atoms with Crippen molar-refractivity contribution < 1.29 is 43.6 Å². The first-order chi connectivity index (χ1) is 20.5. The molecular formula is C32H35NO9S. The SMILES string of the molecule is C=Cc1cc2sc(C(=O)C[C@H](C)C(=O)O)cc2cc1OCCCOc1cc2c(cc1OC)CN(C(=O)C[C@H](C)C(=O)O)C2. The summed E-state index contributed by atoms with van der Waals surface area (Å²) in [5.41, 5.74) is 2.65. The van der Waals surface area contributed by atoms with Crippen molar-refractivity contribution in [2.24, 2.45) is 11.8 Å². The normalized spacial score (nSPS) is 13.7. The number of rotatable bonds is 15. The molecule has 2 N–H and O–H groups in total. The number of amides is 1. The fourth-order valence-corrected chi connectivity index (χ4v) is 5.77. The average Bonchev–Trinajstić information content (AvgIpc) is 3.59. The summed E-state index contributed by atoms with van der Waals surface area (Å²) in [7, 11) is 1.55. The molecule has 0 spiro atoms. The lowest BCUT2D eigenvalue weighted by Gasteiger charge is -2.16. The second-order valence-electron chi connectivity index (χ2n) is 10.6. The molecule has 0 radical (unpaired) electrons. The number of hydrogen-bond acceptors (Lipinski definition) is 8. The summed E-state index contributed by atoms with van der Waals surface area (Å²) >= 11 is 1.32. The predicted octanol–water partition coefficient (Wildman–Crippen LogP) is 5.65. The van der Waals surface area contributed by atoms with Gasteiger partial charge in [0.05, 0.1) is 37.0 Å². The van der Waals surface area contributed by atoms with Gasteiger partial charge in [0.25, 0.3) is 0 Å². The second kappa shape index (κ2) is 13.7. The number of fused-ring (bicyclic) bond motifs is 2. The maximum Gasteiger partial charge on any atom is 0.306 e. The van der Waals surface area contributed by atoms with Gasteiger partial charge in [-0.3, -0.25) is 19.2 Å². The first-order valence-corrected chi connectivity index (χ1v) is 14.7. The third-order valence-electron chi connectivity index (χ3n) is 7.32. The molecule has 2 aromatic carbocycles. The highest BCUT2D eigenvalue weighted by molar-refractivity contribution is 7.20. The summed E-state index contributed by atoms with van der Waals surface area (Å²) in [6.07, 6.45) is 2.14. The number of benzene rings is 2. The van der Waals surface area contributed by atoms with Gasteiger partial charge in [-0.25, -0.2) is 0 Å². The number of ketones is 1. The number of carboxylic acid groups (broad SMARTS) is 2. The van der Waals surface area contributed by atoms with Gasteiger partial charge < -0.3 is 29.3 Å². The second-order valence-corrected chi connectivity index (χ2v) is 11.7. The Kier molecular flexibility index (Phi) is 10.1. The lowest BCUT2D eigenvalue weighted by molar-refractivity contribution is -0.145. The number of thiophene rings is 1. The first kappa shape index (κ1) is 31.6. The minimum Gasteiger partial charge on any atom is -0.493 e. The molecule has 1 aromatic heterocycles. The highest BCUT2D eigenvalue weighted by Crippen LogP contribution is 2.36. The monoisotopic (exact) mass is 609 g/mol. The van der Waals surface area contributed by atoms with Crippen LogP contribution >= 0.6 is 11.3 Å². The third kappa shape index (κ3) is 7.53. The zero-order valence-electron chi connectivity index (χ0n) is 24.4. The number of carbonyl (C=O) groups is 4. The average molecular weight is 610 g/mol. The number of nitrogens with zero attached hydrogens (tertiary/aromatic N) is 1. The van der Waals surface area contributed by atoms with E-state index in [0.29, 0.717) is 54.8 Å². The molecule has 1 amide bonds. The molecular weight excluding hydrogens is 574 g/mol. The maximum absolute atomic E-state index is 12.6. The molecule has 1 aliphatic rings. The molecule has 3 aromatic rings. The Labute approximate surface area is 253 Å². The van der Waals surface area contributed by atoms with Gasteiger partial charge in [-0.1, -0.05) is 26.5 Å². The van der Waals surface area contributed by atoms with Crippen LogP contribution in [0.5, 0.6) is 17.2 Å². The van der Waals surface area contributed by atoms with Gasteiger partial charge in [0.1, 0.15) is 5.75 Å². The van der Waals surface area contributed by atoms with E-state index in [9.17, 15) is 19.2 Å². The molecule has 1 aliphatic heterocycles. The number of ether oxygens (including phenoxy) is 3. The number of aliphatic carboxylic acids is 2. The number of carbonyl (C=O) groups excluding carboxylic acids is 2. The zero-order valence-corrected chi connectivity index (χ0v) is 25.2. The molecule has 10 nitrogen and oxygen atoms in total. The predicted molar refractivity (Wildman–Crippen MR) is 162 cm³/mol. The highest BCUT2D eigenvalue weighted by Gasteiger charge is 2.28.